The number of rotatable bonds is 4. The Bertz CT molecular complexity index is 151. The lowest BCUT2D eigenvalue weighted by molar-refractivity contribution is -0.157. The molecule has 0 heterocycles. The van der Waals surface area contributed by atoms with Crippen molar-refractivity contribution in [3.63, 3.8) is 0 Å². The number of ether oxygens (including phenoxy) is 1. The Morgan fingerprint density at radius 3 is 2.33 bits per heavy atom. The Balaban J connectivity index is 4.15. The summed E-state index contributed by atoms with van der Waals surface area (Å²) in [5, 5.41) is 8.77. The van der Waals surface area contributed by atoms with Crippen molar-refractivity contribution in [1.29, 1.82) is 0 Å². The Labute approximate surface area is 72.7 Å². The molecule has 0 aromatic heterocycles. The van der Waals surface area contributed by atoms with E-state index in [9.17, 15) is 4.79 Å². The van der Waals surface area contributed by atoms with Crippen LogP contribution in [-0.2, 0) is 9.53 Å². The molecular weight excluding hydrogens is 158 g/mol. The topological polar surface area (TPSA) is 72.5 Å². The molecule has 0 saturated heterocycles. The highest BCUT2D eigenvalue weighted by atomic mass is 16.5. The van der Waals surface area contributed by atoms with Crippen LogP contribution in [0.1, 0.15) is 20.8 Å². The molecule has 1 unspecified atom stereocenters. The van der Waals surface area contributed by atoms with Crippen LogP contribution < -0.4 is 5.73 Å². The number of carboxylic acids is 1. The maximum absolute atomic E-state index is 10.7. The maximum atomic E-state index is 10.7. The predicted octanol–water partition coefficient (Wildman–Crippen LogP) is 0.461. The molecule has 0 aliphatic rings. The SMILES string of the molecule is CC(C)(C)C(OCCN)C(=O)O. The van der Waals surface area contributed by atoms with Crippen LogP contribution in [0.15, 0.2) is 0 Å². The van der Waals surface area contributed by atoms with Gasteiger partial charge in [-0.25, -0.2) is 4.79 Å². The Kier molecular flexibility index (Phi) is 4.20. The zero-order valence-electron chi connectivity index (χ0n) is 7.83. The van der Waals surface area contributed by atoms with E-state index in [0.29, 0.717) is 6.54 Å². The fraction of sp³-hybridized carbons (Fsp3) is 0.875. The molecule has 12 heavy (non-hydrogen) atoms. The number of carboxylic acid groups (broad SMARTS) is 1. The third kappa shape index (κ3) is 3.69. The van der Waals surface area contributed by atoms with Crippen molar-refractivity contribution in [2.45, 2.75) is 26.9 Å². The molecule has 4 nitrogen and oxygen atoms in total. The zero-order chi connectivity index (χ0) is 9.78. The first-order valence-corrected chi connectivity index (χ1v) is 3.94. The molecule has 0 spiro atoms. The first-order valence-electron chi connectivity index (χ1n) is 3.94. The lowest BCUT2D eigenvalue weighted by Crippen LogP contribution is -2.38. The number of hydrogen-bond donors (Lipinski definition) is 2. The first kappa shape index (κ1) is 11.4. The standard InChI is InChI=1S/C8H17NO3/c1-8(2,3)6(7(10)11)12-5-4-9/h6H,4-5,9H2,1-3H3,(H,10,11). The van der Waals surface area contributed by atoms with Crippen LogP contribution in [0.4, 0.5) is 0 Å². The van der Waals surface area contributed by atoms with Crippen LogP contribution in [-0.4, -0.2) is 30.3 Å². The van der Waals surface area contributed by atoms with E-state index in [2.05, 4.69) is 0 Å². The highest BCUT2D eigenvalue weighted by Gasteiger charge is 2.31. The normalized spacial score (nSPS) is 14.3. The van der Waals surface area contributed by atoms with Gasteiger partial charge >= 0.3 is 5.97 Å². The summed E-state index contributed by atoms with van der Waals surface area (Å²) < 4.78 is 5.09. The monoisotopic (exact) mass is 175 g/mol. The molecule has 0 aliphatic heterocycles. The van der Waals surface area contributed by atoms with E-state index >= 15 is 0 Å². The van der Waals surface area contributed by atoms with Gasteiger partial charge in [-0.05, 0) is 5.41 Å². The molecule has 0 aliphatic carbocycles. The minimum atomic E-state index is -0.934. The molecule has 0 rings (SSSR count). The van der Waals surface area contributed by atoms with E-state index in [0.717, 1.165) is 0 Å². The van der Waals surface area contributed by atoms with Gasteiger partial charge in [-0.2, -0.15) is 0 Å². The van der Waals surface area contributed by atoms with Crippen molar-refractivity contribution in [2.24, 2.45) is 11.1 Å². The van der Waals surface area contributed by atoms with Gasteiger partial charge in [0.05, 0.1) is 6.61 Å². The van der Waals surface area contributed by atoms with Gasteiger partial charge in [0, 0.05) is 6.54 Å². The van der Waals surface area contributed by atoms with Crippen molar-refractivity contribution < 1.29 is 14.6 Å². The number of nitrogens with two attached hydrogens (primary N) is 1. The van der Waals surface area contributed by atoms with Crippen molar-refractivity contribution >= 4 is 5.97 Å². The molecule has 0 aromatic carbocycles. The van der Waals surface area contributed by atoms with Crippen LogP contribution in [0.2, 0.25) is 0 Å². The van der Waals surface area contributed by atoms with Gasteiger partial charge in [0.25, 0.3) is 0 Å². The Morgan fingerprint density at radius 1 is 1.58 bits per heavy atom. The van der Waals surface area contributed by atoms with Gasteiger partial charge in [0.2, 0.25) is 0 Å². The van der Waals surface area contributed by atoms with E-state index in [1.54, 1.807) is 0 Å². The van der Waals surface area contributed by atoms with Gasteiger partial charge in [-0.3, -0.25) is 0 Å². The minimum absolute atomic E-state index is 0.286. The van der Waals surface area contributed by atoms with Crippen molar-refractivity contribution in [1.82, 2.24) is 0 Å². The molecule has 0 radical (unpaired) electrons. The second-order valence-electron chi connectivity index (χ2n) is 3.74. The Morgan fingerprint density at radius 2 is 2.08 bits per heavy atom. The summed E-state index contributed by atoms with van der Waals surface area (Å²) in [6.07, 6.45) is -0.777. The van der Waals surface area contributed by atoms with Crippen LogP contribution in [0.25, 0.3) is 0 Å². The molecule has 0 saturated carbocycles. The van der Waals surface area contributed by atoms with Gasteiger partial charge in [-0.15, -0.1) is 0 Å². The van der Waals surface area contributed by atoms with Crippen molar-refractivity contribution in [3.05, 3.63) is 0 Å². The summed E-state index contributed by atoms with van der Waals surface area (Å²) in [5.74, 6) is -0.934. The number of hydrogen-bond acceptors (Lipinski definition) is 3. The second-order valence-corrected chi connectivity index (χ2v) is 3.74. The average molecular weight is 175 g/mol. The predicted molar refractivity (Wildman–Crippen MR) is 45.9 cm³/mol. The fourth-order valence-electron chi connectivity index (χ4n) is 0.878. The van der Waals surface area contributed by atoms with Crippen LogP contribution in [0.3, 0.4) is 0 Å². The van der Waals surface area contributed by atoms with Crippen LogP contribution in [0.5, 0.6) is 0 Å². The van der Waals surface area contributed by atoms with Gasteiger partial charge in [0.1, 0.15) is 0 Å². The minimum Gasteiger partial charge on any atom is -0.479 e. The first-order chi connectivity index (χ1) is 5.39. The summed E-state index contributed by atoms with van der Waals surface area (Å²) in [6.45, 7) is 6.10. The third-order valence-electron chi connectivity index (χ3n) is 1.41. The van der Waals surface area contributed by atoms with Gasteiger partial charge in [-0.1, -0.05) is 20.8 Å². The summed E-state index contributed by atoms with van der Waals surface area (Å²) in [6, 6.07) is 0. The third-order valence-corrected chi connectivity index (χ3v) is 1.41. The molecule has 72 valence electrons. The largest absolute Gasteiger partial charge is 0.479 e. The van der Waals surface area contributed by atoms with E-state index in [1.165, 1.54) is 0 Å². The van der Waals surface area contributed by atoms with E-state index in [4.69, 9.17) is 15.6 Å². The summed E-state index contributed by atoms with van der Waals surface area (Å²) in [7, 11) is 0. The zero-order valence-corrected chi connectivity index (χ0v) is 7.83. The smallest absolute Gasteiger partial charge is 0.333 e. The van der Waals surface area contributed by atoms with E-state index in [1.807, 2.05) is 20.8 Å². The second kappa shape index (κ2) is 4.42. The molecule has 4 heteroatoms. The van der Waals surface area contributed by atoms with Gasteiger partial charge in [0.15, 0.2) is 6.10 Å². The highest BCUT2D eigenvalue weighted by Crippen LogP contribution is 2.22. The molecule has 1 atom stereocenters. The summed E-state index contributed by atoms with van der Waals surface area (Å²) in [5.41, 5.74) is 4.81. The molecule has 0 fully saturated rings. The molecule has 3 N–H and O–H groups in total. The quantitative estimate of drug-likeness (QED) is 0.651. The summed E-state index contributed by atoms with van der Waals surface area (Å²) >= 11 is 0. The van der Waals surface area contributed by atoms with Crippen molar-refractivity contribution in [3.8, 4) is 0 Å². The molecule has 0 amide bonds. The maximum Gasteiger partial charge on any atom is 0.333 e. The highest BCUT2D eigenvalue weighted by molar-refractivity contribution is 5.73. The molecule has 0 aromatic rings. The van der Waals surface area contributed by atoms with Gasteiger partial charge < -0.3 is 15.6 Å². The summed E-state index contributed by atoms with van der Waals surface area (Å²) in [4.78, 5) is 10.7. The van der Waals surface area contributed by atoms with Crippen LogP contribution >= 0.6 is 0 Å². The molecular formula is C8H17NO3. The van der Waals surface area contributed by atoms with E-state index in [-0.39, 0.29) is 12.0 Å². The average Bonchev–Trinajstić information content (AvgIpc) is 1.84. The lowest BCUT2D eigenvalue weighted by Gasteiger charge is -2.26. The fourth-order valence-corrected chi connectivity index (χ4v) is 0.878. The Hall–Kier alpha value is -0.610. The lowest BCUT2D eigenvalue weighted by atomic mass is 9.89. The number of carbonyl (C=O) groups is 1. The van der Waals surface area contributed by atoms with Crippen molar-refractivity contribution in [2.75, 3.05) is 13.2 Å². The molecule has 0 bridgehead atoms. The van der Waals surface area contributed by atoms with Crippen LogP contribution in [0, 0.1) is 5.41 Å². The van der Waals surface area contributed by atoms with E-state index < -0.39 is 12.1 Å². The number of aliphatic carboxylic acids is 1.